The van der Waals surface area contributed by atoms with Crippen LogP contribution >= 0.6 is 0 Å². The lowest BCUT2D eigenvalue weighted by atomic mass is 9.90. The number of hydrogen-bond acceptors (Lipinski definition) is 4. The first-order chi connectivity index (χ1) is 11.7. The highest BCUT2D eigenvalue weighted by Gasteiger charge is 2.36. The van der Waals surface area contributed by atoms with Crippen molar-refractivity contribution in [3.8, 4) is 11.5 Å². The van der Waals surface area contributed by atoms with Crippen molar-refractivity contribution in [2.24, 2.45) is 0 Å². The molecule has 0 spiro atoms. The van der Waals surface area contributed by atoms with Crippen molar-refractivity contribution >= 4 is 10.0 Å². The Morgan fingerprint density at radius 1 is 1.20 bits per heavy atom. The summed E-state index contributed by atoms with van der Waals surface area (Å²) in [6.45, 7) is 4.31. The molecule has 1 unspecified atom stereocenters. The van der Waals surface area contributed by atoms with Gasteiger partial charge in [-0.1, -0.05) is 30.3 Å². The maximum Gasteiger partial charge on any atom is 0.225 e. The molecule has 1 heterocycles. The Kier molecular flexibility index (Phi) is 4.75. The van der Waals surface area contributed by atoms with Crippen LogP contribution in [0.1, 0.15) is 37.4 Å². The topological polar surface area (TPSA) is 66.7 Å². The third-order valence-electron chi connectivity index (χ3n) is 3.98. The molecule has 2 aromatic carbocycles. The average Bonchev–Trinajstić information content (AvgIpc) is 2.52. The number of fused-ring (bicyclic) bond motifs is 1. The molecule has 25 heavy (non-hydrogen) atoms. The molecule has 0 N–H and O–H groups in total. The van der Waals surface area contributed by atoms with Crippen molar-refractivity contribution in [1.29, 1.82) is 0 Å². The summed E-state index contributed by atoms with van der Waals surface area (Å²) in [4.78, 5) is 0. The minimum Gasteiger partial charge on any atom is -0.489 e. The molecule has 5 nitrogen and oxygen atoms in total. The third-order valence-corrected chi connectivity index (χ3v) is 4.62. The quantitative estimate of drug-likeness (QED) is 0.819. The molecule has 6 heteroatoms. The number of hydrogen-bond donors (Lipinski definition) is 0. The van der Waals surface area contributed by atoms with Crippen LogP contribution in [0.25, 0.3) is 0 Å². The van der Waals surface area contributed by atoms with Crippen LogP contribution in [0.2, 0.25) is 0 Å². The number of rotatable bonds is 5. The van der Waals surface area contributed by atoms with E-state index < -0.39 is 21.7 Å². The maximum absolute atomic E-state index is 11.7. The molecule has 0 aliphatic carbocycles. The molecule has 0 aromatic heterocycles. The number of nitrogens with zero attached hydrogens (tertiary/aromatic N) is 1. The van der Waals surface area contributed by atoms with Gasteiger partial charge in [-0.2, -0.15) is 0 Å². The SMILES string of the molecule is CC1(C)CC([N]S(C)(=O)=O)c2cc(OCc3ccccc3)ccc2O1. The molecule has 1 atom stereocenters. The number of benzene rings is 2. The van der Waals surface area contributed by atoms with Gasteiger partial charge in [0, 0.05) is 12.0 Å². The second-order valence-electron chi connectivity index (χ2n) is 6.89. The van der Waals surface area contributed by atoms with E-state index in [1.165, 1.54) is 0 Å². The van der Waals surface area contributed by atoms with Gasteiger partial charge >= 0.3 is 0 Å². The predicted molar refractivity (Wildman–Crippen MR) is 96.3 cm³/mol. The smallest absolute Gasteiger partial charge is 0.225 e. The van der Waals surface area contributed by atoms with E-state index in [9.17, 15) is 8.42 Å². The Bertz CT molecular complexity index is 847. The second-order valence-corrected chi connectivity index (χ2v) is 8.57. The monoisotopic (exact) mass is 360 g/mol. The van der Waals surface area contributed by atoms with E-state index in [4.69, 9.17) is 9.47 Å². The summed E-state index contributed by atoms with van der Waals surface area (Å²) in [6, 6.07) is 14.9. The second kappa shape index (κ2) is 6.69. The lowest BCUT2D eigenvalue weighted by Crippen LogP contribution is -2.38. The fraction of sp³-hybridized carbons (Fsp3) is 0.368. The Hall–Kier alpha value is -2.05. The molecule has 1 aliphatic rings. The largest absolute Gasteiger partial charge is 0.489 e. The van der Waals surface area contributed by atoms with Crippen LogP contribution in [-0.4, -0.2) is 20.3 Å². The van der Waals surface area contributed by atoms with Crippen molar-refractivity contribution in [3.05, 3.63) is 59.7 Å². The van der Waals surface area contributed by atoms with Crippen molar-refractivity contribution < 1.29 is 17.9 Å². The lowest BCUT2D eigenvalue weighted by molar-refractivity contribution is 0.0695. The molecular weight excluding hydrogens is 338 g/mol. The molecule has 0 fully saturated rings. The molecule has 0 amide bonds. The van der Waals surface area contributed by atoms with Crippen LogP contribution in [0.3, 0.4) is 0 Å². The van der Waals surface area contributed by atoms with Crippen LogP contribution in [-0.2, 0) is 16.6 Å². The van der Waals surface area contributed by atoms with Gasteiger partial charge in [-0.3, -0.25) is 0 Å². The van der Waals surface area contributed by atoms with E-state index in [0.717, 1.165) is 17.4 Å². The molecular formula is C19H22NO4S. The minimum absolute atomic E-state index is 0.444. The highest BCUT2D eigenvalue weighted by molar-refractivity contribution is 7.88. The van der Waals surface area contributed by atoms with Crippen LogP contribution in [0.4, 0.5) is 0 Å². The predicted octanol–water partition coefficient (Wildman–Crippen LogP) is 3.43. The lowest BCUT2D eigenvalue weighted by Gasteiger charge is -2.37. The van der Waals surface area contributed by atoms with Gasteiger partial charge in [-0.15, -0.1) is 4.72 Å². The zero-order chi connectivity index (χ0) is 18.1. The minimum atomic E-state index is -3.46. The highest BCUT2D eigenvalue weighted by atomic mass is 32.2. The zero-order valence-corrected chi connectivity index (χ0v) is 15.4. The summed E-state index contributed by atoms with van der Waals surface area (Å²) >= 11 is 0. The molecule has 1 radical (unpaired) electrons. The normalized spacial score (nSPS) is 18.9. The molecule has 133 valence electrons. The molecule has 3 rings (SSSR count). The van der Waals surface area contributed by atoms with E-state index in [0.29, 0.717) is 24.5 Å². The van der Waals surface area contributed by atoms with E-state index in [-0.39, 0.29) is 0 Å². The first-order valence-electron chi connectivity index (χ1n) is 8.14. The first-order valence-corrected chi connectivity index (χ1v) is 9.98. The summed E-state index contributed by atoms with van der Waals surface area (Å²) in [5.74, 6) is 1.32. The van der Waals surface area contributed by atoms with Gasteiger partial charge in [0.15, 0.2) is 0 Å². The maximum atomic E-state index is 11.7. The Balaban J connectivity index is 1.84. The fourth-order valence-corrected chi connectivity index (χ4v) is 3.60. The van der Waals surface area contributed by atoms with E-state index >= 15 is 0 Å². The van der Waals surface area contributed by atoms with Crippen molar-refractivity contribution in [2.45, 2.75) is 38.5 Å². The zero-order valence-electron chi connectivity index (χ0n) is 14.6. The van der Waals surface area contributed by atoms with Gasteiger partial charge in [0.05, 0.1) is 12.3 Å². The van der Waals surface area contributed by atoms with Crippen LogP contribution < -0.4 is 14.2 Å². The van der Waals surface area contributed by atoms with Crippen molar-refractivity contribution in [1.82, 2.24) is 4.72 Å². The van der Waals surface area contributed by atoms with E-state index in [2.05, 4.69) is 4.72 Å². The first kappa shape index (κ1) is 17.8. The molecule has 2 aromatic rings. The fourth-order valence-electron chi connectivity index (χ4n) is 2.95. The third kappa shape index (κ3) is 4.74. The van der Waals surface area contributed by atoms with Crippen LogP contribution in [0.5, 0.6) is 11.5 Å². The molecule has 0 saturated carbocycles. The molecule has 1 aliphatic heterocycles. The Morgan fingerprint density at radius 3 is 2.60 bits per heavy atom. The number of sulfonamides is 1. The number of ether oxygens (including phenoxy) is 2. The highest BCUT2D eigenvalue weighted by Crippen LogP contribution is 2.42. The summed E-state index contributed by atoms with van der Waals surface area (Å²) in [6.07, 6.45) is 1.61. The Morgan fingerprint density at radius 2 is 1.92 bits per heavy atom. The van der Waals surface area contributed by atoms with Gasteiger partial charge in [0.2, 0.25) is 10.0 Å². The average molecular weight is 360 g/mol. The van der Waals surface area contributed by atoms with E-state index in [1.807, 2.05) is 62.4 Å². The van der Waals surface area contributed by atoms with Gasteiger partial charge < -0.3 is 9.47 Å². The van der Waals surface area contributed by atoms with Gasteiger partial charge in [-0.25, -0.2) is 8.42 Å². The summed E-state index contributed by atoms with van der Waals surface area (Å²) in [7, 11) is -3.46. The standard InChI is InChI=1S/C19H22NO4S/c1-19(2)12-17(20-25(3,21)22)16-11-15(9-10-18(16)24-19)23-13-14-7-5-4-6-8-14/h4-11,17H,12-13H2,1-3H3. The van der Waals surface area contributed by atoms with Crippen molar-refractivity contribution in [3.63, 3.8) is 0 Å². The van der Waals surface area contributed by atoms with Crippen molar-refractivity contribution in [2.75, 3.05) is 6.26 Å². The summed E-state index contributed by atoms with van der Waals surface area (Å²) < 4.78 is 39.2. The van der Waals surface area contributed by atoms with Crippen LogP contribution in [0.15, 0.2) is 48.5 Å². The van der Waals surface area contributed by atoms with Gasteiger partial charge in [0.25, 0.3) is 0 Å². The Labute approximate surface area is 149 Å². The van der Waals surface area contributed by atoms with Crippen LogP contribution in [0, 0.1) is 0 Å². The molecule has 0 saturated heterocycles. The molecule has 0 bridgehead atoms. The summed E-state index contributed by atoms with van der Waals surface area (Å²) in [5.41, 5.74) is 1.34. The van der Waals surface area contributed by atoms with E-state index in [1.54, 1.807) is 0 Å². The van der Waals surface area contributed by atoms with Gasteiger partial charge in [-0.05, 0) is 37.6 Å². The van der Waals surface area contributed by atoms with Gasteiger partial charge in [0.1, 0.15) is 23.7 Å². The summed E-state index contributed by atoms with van der Waals surface area (Å²) in [5, 5.41) is 0.